The molecule has 0 aliphatic carbocycles. The van der Waals surface area contributed by atoms with E-state index in [9.17, 15) is 24.6 Å². The Bertz CT molecular complexity index is 1440. The number of ketones is 1. The molecule has 3 heterocycles. The minimum absolute atomic E-state index is 0.105. The van der Waals surface area contributed by atoms with Crippen molar-refractivity contribution in [3.8, 4) is 11.5 Å². The lowest BCUT2D eigenvalue weighted by atomic mass is 9.95. The second-order valence-corrected chi connectivity index (χ2v) is 10.3. The van der Waals surface area contributed by atoms with E-state index < -0.39 is 29.5 Å². The number of thiazole rings is 2. The number of amides is 1. The number of Topliss-reactive ketones (excluding diaryl/α,β-unsaturated/α-hetero) is 1. The predicted molar refractivity (Wildman–Crippen MR) is 138 cm³/mol. The van der Waals surface area contributed by atoms with Gasteiger partial charge in [-0.2, -0.15) is 0 Å². The molecule has 0 fully saturated rings. The van der Waals surface area contributed by atoms with Gasteiger partial charge in [0, 0.05) is 0 Å². The molecule has 10 nitrogen and oxygen atoms in total. The van der Waals surface area contributed by atoms with Crippen LogP contribution in [0, 0.1) is 20.8 Å². The maximum absolute atomic E-state index is 13.7. The first-order chi connectivity index (χ1) is 17.6. The van der Waals surface area contributed by atoms with E-state index in [0.717, 1.165) is 22.7 Å². The molecule has 1 amide bonds. The fraction of sp³-hybridized carbons (Fsp3) is 0.320. The molecule has 2 aromatic heterocycles. The van der Waals surface area contributed by atoms with Crippen LogP contribution < -0.4 is 9.64 Å². The van der Waals surface area contributed by atoms with Gasteiger partial charge in [0.05, 0.1) is 46.1 Å². The highest BCUT2D eigenvalue weighted by Crippen LogP contribution is 2.45. The summed E-state index contributed by atoms with van der Waals surface area (Å²) >= 11 is 2.09. The van der Waals surface area contributed by atoms with Crippen LogP contribution in [0.5, 0.6) is 11.5 Å². The summed E-state index contributed by atoms with van der Waals surface area (Å²) in [6.45, 7) is 8.92. The Labute approximate surface area is 220 Å². The Morgan fingerprint density at radius 3 is 2.35 bits per heavy atom. The minimum Gasteiger partial charge on any atom is -0.504 e. The third-order valence-electron chi connectivity index (χ3n) is 5.61. The van der Waals surface area contributed by atoms with Gasteiger partial charge in [-0.05, 0) is 52.3 Å². The molecule has 4 rings (SSSR count). The monoisotopic (exact) mass is 543 g/mol. The molecule has 1 aromatic carbocycles. The number of phenols is 1. The highest BCUT2D eigenvalue weighted by atomic mass is 32.1. The van der Waals surface area contributed by atoms with Crippen molar-refractivity contribution in [2.24, 2.45) is 0 Å². The maximum Gasteiger partial charge on any atom is 0.350 e. The van der Waals surface area contributed by atoms with E-state index in [0.29, 0.717) is 26.8 Å². The molecule has 1 aliphatic rings. The molecule has 0 saturated carbocycles. The first-order valence-corrected chi connectivity index (χ1v) is 13.1. The predicted octanol–water partition coefficient (Wildman–Crippen LogP) is 4.59. The van der Waals surface area contributed by atoms with Crippen LogP contribution in [0.1, 0.15) is 61.2 Å². The summed E-state index contributed by atoms with van der Waals surface area (Å²) in [7, 11) is 0. The SMILES string of the molecule is CCOC(=O)c1sc(N2C(=O)C(O)=C(C(=O)c3sc(C)nc3C)C2c2ccc(O)c(OCC)c2)nc1C. The second-order valence-electron chi connectivity index (χ2n) is 8.11. The number of carbonyl (C=O) groups is 3. The number of anilines is 1. The Balaban J connectivity index is 1.90. The van der Waals surface area contributed by atoms with E-state index in [1.165, 1.54) is 23.1 Å². The Kier molecular flexibility index (Phi) is 7.32. The van der Waals surface area contributed by atoms with Gasteiger partial charge in [-0.25, -0.2) is 14.8 Å². The number of carbonyl (C=O) groups excluding carboxylic acids is 3. The van der Waals surface area contributed by atoms with Crippen LogP contribution in [0.25, 0.3) is 0 Å². The molecule has 194 valence electrons. The van der Waals surface area contributed by atoms with Crippen LogP contribution in [-0.2, 0) is 9.53 Å². The van der Waals surface area contributed by atoms with Gasteiger partial charge in [-0.1, -0.05) is 17.4 Å². The molecule has 3 aromatic rings. The summed E-state index contributed by atoms with van der Waals surface area (Å²) in [5.74, 6) is -2.67. The fourth-order valence-corrected chi connectivity index (χ4v) is 5.92. The van der Waals surface area contributed by atoms with Crippen molar-refractivity contribution in [3.05, 3.63) is 61.2 Å². The van der Waals surface area contributed by atoms with Crippen LogP contribution in [0.2, 0.25) is 0 Å². The molecule has 0 radical (unpaired) electrons. The lowest BCUT2D eigenvalue weighted by Gasteiger charge is -2.25. The average molecular weight is 544 g/mol. The molecule has 1 unspecified atom stereocenters. The zero-order valence-electron chi connectivity index (χ0n) is 20.8. The van der Waals surface area contributed by atoms with E-state index in [-0.39, 0.29) is 40.3 Å². The van der Waals surface area contributed by atoms with Gasteiger partial charge in [0.2, 0.25) is 5.78 Å². The normalized spacial score (nSPS) is 15.4. The molecule has 2 N–H and O–H groups in total. The number of benzene rings is 1. The van der Waals surface area contributed by atoms with E-state index in [4.69, 9.17) is 9.47 Å². The standard InChI is InChI=1S/C25H25N3O7S2/c1-6-34-16-10-14(8-9-15(16)29)18-17(19(30)21-11(3)26-13(5)36-21)20(31)23(32)28(18)25-27-12(4)22(37-25)24(33)35-7-2/h8-10,18,29,31H,6-7H2,1-5H3. The van der Waals surface area contributed by atoms with Crippen LogP contribution in [-0.4, -0.2) is 51.1 Å². The van der Waals surface area contributed by atoms with Crippen molar-refractivity contribution in [3.63, 3.8) is 0 Å². The van der Waals surface area contributed by atoms with Gasteiger partial charge in [0.25, 0.3) is 5.91 Å². The number of aromatic hydroxyl groups is 1. The molecular formula is C25H25N3O7S2. The van der Waals surface area contributed by atoms with Crippen LogP contribution >= 0.6 is 22.7 Å². The minimum atomic E-state index is -1.11. The number of rotatable bonds is 8. The number of aliphatic hydroxyl groups is 1. The average Bonchev–Trinajstić information content (AvgIpc) is 3.48. The van der Waals surface area contributed by atoms with Gasteiger partial charge < -0.3 is 19.7 Å². The quantitative estimate of drug-likeness (QED) is 0.308. The number of hydrogen-bond acceptors (Lipinski definition) is 11. The third-order valence-corrected chi connectivity index (χ3v) is 7.82. The maximum atomic E-state index is 13.7. The highest BCUT2D eigenvalue weighted by molar-refractivity contribution is 7.17. The molecule has 12 heteroatoms. The summed E-state index contributed by atoms with van der Waals surface area (Å²) in [6.07, 6.45) is 0. The lowest BCUT2D eigenvalue weighted by Crippen LogP contribution is -2.31. The topological polar surface area (TPSA) is 139 Å². The Hall–Kier alpha value is -3.77. The number of aromatic nitrogens is 2. The number of nitrogens with zero attached hydrogens (tertiary/aromatic N) is 3. The van der Waals surface area contributed by atoms with Crippen molar-refractivity contribution in [1.82, 2.24) is 9.97 Å². The summed E-state index contributed by atoms with van der Waals surface area (Å²) in [5, 5.41) is 22.0. The van der Waals surface area contributed by atoms with E-state index in [2.05, 4.69) is 9.97 Å². The molecule has 37 heavy (non-hydrogen) atoms. The van der Waals surface area contributed by atoms with E-state index in [1.54, 1.807) is 34.6 Å². The number of aryl methyl sites for hydroxylation is 3. The zero-order valence-corrected chi connectivity index (χ0v) is 22.5. The Morgan fingerprint density at radius 2 is 1.73 bits per heavy atom. The molecule has 0 saturated heterocycles. The highest BCUT2D eigenvalue weighted by Gasteiger charge is 2.47. The smallest absolute Gasteiger partial charge is 0.350 e. The summed E-state index contributed by atoms with van der Waals surface area (Å²) in [4.78, 5) is 50.0. The largest absolute Gasteiger partial charge is 0.504 e. The molecule has 0 bridgehead atoms. The van der Waals surface area contributed by atoms with Crippen molar-refractivity contribution in [1.29, 1.82) is 0 Å². The summed E-state index contributed by atoms with van der Waals surface area (Å²) in [6, 6.07) is 3.32. The van der Waals surface area contributed by atoms with Crippen LogP contribution in [0.3, 0.4) is 0 Å². The van der Waals surface area contributed by atoms with Crippen molar-refractivity contribution in [2.75, 3.05) is 18.1 Å². The number of phenolic OH excluding ortho intramolecular Hbond substituents is 1. The number of ether oxygens (including phenoxy) is 2. The molecule has 1 aliphatic heterocycles. The number of hydrogen-bond donors (Lipinski definition) is 2. The van der Waals surface area contributed by atoms with Crippen LogP contribution in [0.4, 0.5) is 5.13 Å². The van der Waals surface area contributed by atoms with E-state index in [1.807, 2.05) is 0 Å². The molecular weight excluding hydrogens is 518 g/mol. The van der Waals surface area contributed by atoms with E-state index >= 15 is 0 Å². The number of aliphatic hydroxyl groups excluding tert-OH is 1. The van der Waals surface area contributed by atoms with Crippen molar-refractivity contribution < 1.29 is 34.1 Å². The van der Waals surface area contributed by atoms with Gasteiger partial charge in [-0.3, -0.25) is 14.5 Å². The fourth-order valence-electron chi connectivity index (χ4n) is 4.06. The first-order valence-electron chi connectivity index (χ1n) is 11.4. The van der Waals surface area contributed by atoms with Gasteiger partial charge in [-0.15, -0.1) is 11.3 Å². The first kappa shape index (κ1) is 26.3. The third kappa shape index (κ3) is 4.69. The molecule has 1 atom stereocenters. The Morgan fingerprint density at radius 1 is 1.03 bits per heavy atom. The van der Waals surface area contributed by atoms with Crippen molar-refractivity contribution in [2.45, 2.75) is 40.7 Å². The van der Waals surface area contributed by atoms with Gasteiger partial charge in [0.1, 0.15) is 4.88 Å². The second kappa shape index (κ2) is 10.3. The van der Waals surface area contributed by atoms with Gasteiger partial charge >= 0.3 is 5.97 Å². The lowest BCUT2D eigenvalue weighted by molar-refractivity contribution is -0.117. The molecule has 0 spiro atoms. The summed E-state index contributed by atoms with van der Waals surface area (Å²) < 4.78 is 10.6. The van der Waals surface area contributed by atoms with Gasteiger partial charge in [0.15, 0.2) is 22.4 Å². The van der Waals surface area contributed by atoms with Crippen LogP contribution in [0.15, 0.2) is 29.5 Å². The number of esters is 1. The summed E-state index contributed by atoms with van der Waals surface area (Å²) in [5.41, 5.74) is 1.06. The van der Waals surface area contributed by atoms with Crippen molar-refractivity contribution >= 4 is 45.5 Å². The zero-order chi connectivity index (χ0) is 27.0.